The number of aromatic nitrogens is 2. The number of nitriles is 1. The van der Waals surface area contributed by atoms with Crippen molar-refractivity contribution in [2.75, 3.05) is 12.0 Å². The number of para-hydroxylation sites is 1. The van der Waals surface area contributed by atoms with Gasteiger partial charge < -0.3 is 4.74 Å². The Morgan fingerprint density at radius 2 is 1.85 bits per heavy atom. The molecule has 27 heavy (non-hydrogen) atoms. The molecule has 0 fully saturated rings. The first kappa shape index (κ1) is 18.1. The van der Waals surface area contributed by atoms with Crippen LogP contribution in [0.3, 0.4) is 0 Å². The van der Waals surface area contributed by atoms with E-state index < -0.39 is 12.0 Å². The third kappa shape index (κ3) is 4.49. The van der Waals surface area contributed by atoms with Gasteiger partial charge in [-0.1, -0.05) is 12.1 Å². The molecule has 1 N–H and O–H groups in total. The Morgan fingerprint density at radius 1 is 1.11 bits per heavy atom. The van der Waals surface area contributed by atoms with E-state index in [0.717, 1.165) is 0 Å². The lowest BCUT2D eigenvalue weighted by Crippen LogP contribution is -2.12. The lowest BCUT2D eigenvalue weighted by molar-refractivity contribution is -0.144. The molecular weight excluding hydrogens is 359 g/mol. The van der Waals surface area contributed by atoms with E-state index >= 15 is 0 Å². The van der Waals surface area contributed by atoms with Crippen LogP contribution in [0.4, 0.5) is 19.0 Å². The van der Waals surface area contributed by atoms with E-state index in [1.165, 1.54) is 12.3 Å². The molecular formula is C18H12F3N5O. The average molecular weight is 371 g/mol. The summed E-state index contributed by atoms with van der Waals surface area (Å²) in [7, 11) is 0. The zero-order valence-electron chi connectivity index (χ0n) is 13.7. The molecule has 1 aromatic heterocycles. The Bertz CT molecular complexity index is 1010. The topological polar surface area (TPSA) is 83.2 Å². The highest BCUT2D eigenvalue weighted by Gasteiger charge is 2.35. The van der Waals surface area contributed by atoms with Crippen molar-refractivity contribution >= 4 is 22.9 Å². The van der Waals surface area contributed by atoms with E-state index in [1.807, 2.05) is 6.07 Å². The minimum atomic E-state index is -4.66. The second-order valence-electron chi connectivity index (χ2n) is 5.30. The number of hydrogen-bond donors (Lipinski definition) is 1. The quantitative estimate of drug-likeness (QED) is 0.541. The number of hydrazone groups is 1. The molecule has 0 unspecified atom stereocenters. The summed E-state index contributed by atoms with van der Waals surface area (Å²) in [4.78, 5) is 7.08. The molecule has 136 valence electrons. The van der Waals surface area contributed by atoms with Crippen molar-refractivity contribution in [3.63, 3.8) is 0 Å². The van der Waals surface area contributed by atoms with Gasteiger partial charge in [0, 0.05) is 5.39 Å². The van der Waals surface area contributed by atoms with Crippen molar-refractivity contribution in [1.29, 1.82) is 5.26 Å². The van der Waals surface area contributed by atoms with Crippen LogP contribution in [0.5, 0.6) is 5.75 Å². The molecule has 0 amide bonds. The molecule has 2 aromatic carbocycles. The van der Waals surface area contributed by atoms with Crippen molar-refractivity contribution in [1.82, 2.24) is 9.97 Å². The molecule has 1 heterocycles. The summed E-state index contributed by atoms with van der Waals surface area (Å²) in [5, 5.41) is 12.8. The number of halogens is 3. The molecule has 0 saturated heterocycles. The third-order valence-corrected chi connectivity index (χ3v) is 3.42. The number of benzene rings is 2. The lowest BCUT2D eigenvalue weighted by atomic mass is 10.2. The largest absolute Gasteiger partial charge is 0.479 e. The van der Waals surface area contributed by atoms with Crippen molar-refractivity contribution < 1.29 is 17.9 Å². The molecule has 0 atom stereocenters. The van der Waals surface area contributed by atoms with Gasteiger partial charge in [0.1, 0.15) is 11.8 Å². The number of anilines is 1. The summed E-state index contributed by atoms with van der Waals surface area (Å²) in [6.07, 6.45) is -3.23. The van der Waals surface area contributed by atoms with Gasteiger partial charge >= 0.3 is 6.18 Å². The zero-order valence-corrected chi connectivity index (χ0v) is 13.7. The molecule has 0 aliphatic rings. The summed E-state index contributed by atoms with van der Waals surface area (Å²) >= 11 is 0. The highest BCUT2D eigenvalue weighted by Crippen LogP contribution is 2.30. The normalized spacial score (nSPS) is 11.5. The Kier molecular flexibility index (Phi) is 5.17. The predicted molar refractivity (Wildman–Crippen MR) is 93.3 cm³/mol. The maximum atomic E-state index is 13.0. The van der Waals surface area contributed by atoms with Crippen LogP contribution in [0, 0.1) is 11.3 Å². The van der Waals surface area contributed by atoms with Gasteiger partial charge in [-0.25, -0.2) is 9.97 Å². The van der Waals surface area contributed by atoms with Gasteiger partial charge in [0.05, 0.1) is 11.7 Å². The first-order chi connectivity index (χ1) is 13.0. The van der Waals surface area contributed by atoms with Crippen LogP contribution in [0.25, 0.3) is 10.9 Å². The fourth-order valence-electron chi connectivity index (χ4n) is 2.22. The van der Waals surface area contributed by atoms with Gasteiger partial charge in [-0.3, -0.25) is 5.43 Å². The second kappa shape index (κ2) is 7.70. The molecule has 0 aliphatic carbocycles. The fourth-order valence-corrected chi connectivity index (χ4v) is 2.22. The van der Waals surface area contributed by atoms with E-state index in [9.17, 15) is 13.2 Å². The highest BCUT2D eigenvalue weighted by molar-refractivity contribution is 5.89. The van der Waals surface area contributed by atoms with Crippen molar-refractivity contribution in [2.45, 2.75) is 6.18 Å². The van der Waals surface area contributed by atoms with Crippen LogP contribution in [0.2, 0.25) is 0 Å². The number of hydrogen-bond acceptors (Lipinski definition) is 6. The number of ether oxygens (including phenoxy) is 1. The minimum absolute atomic E-state index is 0.0434. The van der Waals surface area contributed by atoms with Crippen LogP contribution in [0.1, 0.15) is 11.4 Å². The maximum Gasteiger partial charge on any atom is 0.451 e. The monoisotopic (exact) mass is 371 g/mol. The van der Waals surface area contributed by atoms with Gasteiger partial charge in [0.2, 0.25) is 5.82 Å². The van der Waals surface area contributed by atoms with Crippen molar-refractivity contribution in [2.24, 2.45) is 5.10 Å². The second-order valence-corrected chi connectivity index (χ2v) is 5.30. The standard InChI is InChI=1S/C18H12F3N5O/c19-18(20,21)17-24-15-4-2-1-3-14(15)16(25-17)26-23-11-12-5-7-13(8-6-12)27-10-9-22/h1-8,11H,10H2,(H,24,25,26)/b23-11-. The smallest absolute Gasteiger partial charge is 0.451 e. The molecule has 0 saturated carbocycles. The summed E-state index contributed by atoms with van der Waals surface area (Å²) in [6, 6.07) is 14.9. The van der Waals surface area contributed by atoms with Gasteiger partial charge in [0.25, 0.3) is 0 Å². The van der Waals surface area contributed by atoms with Gasteiger partial charge in [-0.15, -0.1) is 0 Å². The molecule has 0 radical (unpaired) electrons. The minimum Gasteiger partial charge on any atom is -0.479 e. The molecule has 3 aromatic rings. The third-order valence-electron chi connectivity index (χ3n) is 3.42. The van der Waals surface area contributed by atoms with Gasteiger partial charge in [0.15, 0.2) is 12.4 Å². The SMILES string of the molecule is N#CCOc1ccc(/C=N\Nc2nc(C(F)(F)F)nc3ccccc23)cc1. The van der Waals surface area contributed by atoms with Crippen molar-refractivity contribution in [3.8, 4) is 11.8 Å². The van der Waals surface area contributed by atoms with E-state index in [0.29, 0.717) is 16.7 Å². The van der Waals surface area contributed by atoms with Gasteiger partial charge in [-0.2, -0.15) is 23.5 Å². The van der Waals surface area contributed by atoms with Crippen LogP contribution >= 0.6 is 0 Å². The van der Waals surface area contributed by atoms with Crippen LogP contribution in [-0.4, -0.2) is 22.8 Å². The number of rotatable bonds is 5. The predicted octanol–water partition coefficient (Wildman–Crippen LogP) is 4.00. The van der Waals surface area contributed by atoms with Gasteiger partial charge in [-0.05, 0) is 42.0 Å². The van der Waals surface area contributed by atoms with Crippen LogP contribution in [-0.2, 0) is 6.18 Å². The first-order valence-corrected chi connectivity index (χ1v) is 7.70. The number of nitrogens with zero attached hydrogens (tertiary/aromatic N) is 4. The van der Waals surface area contributed by atoms with Crippen LogP contribution < -0.4 is 10.2 Å². The summed E-state index contributed by atoms with van der Waals surface area (Å²) in [5.74, 6) is -0.755. The molecule has 3 rings (SSSR count). The fraction of sp³-hybridized carbons (Fsp3) is 0.111. The molecule has 0 bridgehead atoms. The summed E-state index contributed by atoms with van der Waals surface area (Å²) in [6.45, 7) is -0.0582. The first-order valence-electron chi connectivity index (χ1n) is 7.70. The number of alkyl halides is 3. The number of fused-ring (bicyclic) bond motifs is 1. The van der Waals surface area contributed by atoms with E-state index in [2.05, 4.69) is 20.5 Å². The number of nitrogens with one attached hydrogen (secondary N) is 1. The molecule has 0 spiro atoms. The van der Waals surface area contributed by atoms with Crippen LogP contribution in [0.15, 0.2) is 53.6 Å². The van der Waals surface area contributed by atoms with Crippen molar-refractivity contribution in [3.05, 3.63) is 59.9 Å². The molecule has 0 aliphatic heterocycles. The summed E-state index contributed by atoms with van der Waals surface area (Å²) in [5.41, 5.74) is 3.39. The van der Waals surface area contributed by atoms with E-state index in [1.54, 1.807) is 42.5 Å². The Hall–Kier alpha value is -3.67. The average Bonchev–Trinajstić information content (AvgIpc) is 2.66. The highest BCUT2D eigenvalue weighted by atomic mass is 19.4. The Labute approximate surface area is 151 Å². The zero-order chi connectivity index (χ0) is 19.3. The summed E-state index contributed by atoms with van der Waals surface area (Å²) < 4.78 is 44.1. The maximum absolute atomic E-state index is 13.0. The Balaban J connectivity index is 1.82. The van der Waals surface area contributed by atoms with E-state index in [4.69, 9.17) is 10.00 Å². The van der Waals surface area contributed by atoms with E-state index in [-0.39, 0.29) is 17.9 Å². The Morgan fingerprint density at radius 3 is 2.56 bits per heavy atom. The molecule has 6 nitrogen and oxygen atoms in total. The molecule has 9 heteroatoms. The lowest BCUT2D eigenvalue weighted by Gasteiger charge is -2.09.